The fraction of sp³-hybridized carbons (Fsp3) is 0.286. The van der Waals surface area contributed by atoms with Gasteiger partial charge in [0.2, 0.25) is 5.82 Å². The molecule has 0 spiro atoms. The third-order valence-corrected chi connectivity index (χ3v) is 4.22. The van der Waals surface area contributed by atoms with Crippen LogP contribution in [0.15, 0.2) is 53.1 Å². The highest BCUT2D eigenvalue weighted by atomic mass is 16.6. The molecule has 0 fully saturated rings. The molecule has 0 amide bonds. The molecule has 3 aromatic rings. The summed E-state index contributed by atoms with van der Waals surface area (Å²) in [4.78, 5) is 16.2. The predicted molar refractivity (Wildman–Crippen MR) is 100 cm³/mol. The lowest BCUT2D eigenvalue weighted by Gasteiger charge is -2.04. The Bertz CT molecular complexity index is 870. The summed E-state index contributed by atoms with van der Waals surface area (Å²) in [5.41, 5.74) is 3.16. The first kappa shape index (κ1) is 18.6. The average Bonchev–Trinajstić information content (AvgIpc) is 3.20. The number of hydrogen-bond donors (Lipinski definition) is 0. The van der Waals surface area contributed by atoms with Gasteiger partial charge in [0.15, 0.2) is 6.61 Å². The molecule has 2 aromatic carbocycles. The highest BCUT2D eigenvalue weighted by Crippen LogP contribution is 2.17. The number of benzene rings is 2. The summed E-state index contributed by atoms with van der Waals surface area (Å²) in [6, 6.07) is 15.6. The van der Waals surface area contributed by atoms with E-state index in [4.69, 9.17) is 14.0 Å². The molecule has 0 saturated heterocycles. The van der Waals surface area contributed by atoms with Crippen LogP contribution in [0.1, 0.15) is 30.4 Å². The SMILES string of the molecule is CCc1ccc(-c2noc(COC(=O)CCc3ccc(OC)cc3)n2)cc1. The van der Waals surface area contributed by atoms with Gasteiger partial charge in [-0.2, -0.15) is 4.98 Å². The van der Waals surface area contributed by atoms with Gasteiger partial charge in [-0.05, 0) is 36.1 Å². The molecular weight excluding hydrogens is 344 g/mol. The van der Waals surface area contributed by atoms with Crippen molar-refractivity contribution in [2.45, 2.75) is 32.8 Å². The molecule has 27 heavy (non-hydrogen) atoms. The molecule has 0 bridgehead atoms. The normalized spacial score (nSPS) is 10.6. The van der Waals surface area contributed by atoms with Gasteiger partial charge in [-0.3, -0.25) is 4.79 Å². The van der Waals surface area contributed by atoms with Gasteiger partial charge in [0.05, 0.1) is 7.11 Å². The summed E-state index contributed by atoms with van der Waals surface area (Å²) < 4.78 is 15.5. The number of rotatable bonds is 8. The number of aryl methyl sites for hydroxylation is 2. The summed E-state index contributed by atoms with van der Waals surface area (Å²) >= 11 is 0. The van der Waals surface area contributed by atoms with Crippen LogP contribution in [-0.2, 0) is 29.0 Å². The second kappa shape index (κ2) is 8.98. The molecule has 6 heteroatoms. The molecule has 6 nitrogen and oxygen atoms in total. The molecule has 0 aliphatic carbocycles. The Labute approximate surface area is 158 Å². The summed E-state index contributed by atoms with van der Waals surface area (Å²) in [6.07, 6.45) is 1.86. The van der Waals surface area contributed by atoms with Crippen LogP contribution >= 0.6 is 0 Å². The van der Waals surface area contributed by atoms with Gasteiger partial charge in [0, 0.05) is 12.0 Å². The maximum atomic E-state index is 11.9. The first-order valence-electron chi connectivity index (χ1n) is 8.88. The van der Waals surface area contributed by atoms with Crippen molar-refractivity contribution >= 4 is 5.97 Å². The van der Waals surface area contributed by atoms with Crippen molar-refractivity contribution in [1.82, 2.24) is 10.1 Å². The monoisotopic (exact) mass is 366 g/mol. The maximum Gasteiger partial charge on any atom is 0.306 e. The van der Waals surface area contributed by atoms with E-state index < -0.39 is 0 Å². The van der Waals surface area contributed by atoms with Crippen LogP contribution in [0.3, 0.4) is 0 Å². The van der Waals surface area contributed by atoms with E-state index in [1.165, 1.54) is 5.56 Å². The number of esters is 1. The minimum Gasteiger partial charge on any atom is -0.497 e. The Morgan fingerprint density at radius 3 is 2.41 bits per heavy atom. The van der Waals surface area contributed by atoms with Gasteiger partial charge in [0.25, 0.3) is 5.89 Å². The molecule has 0 unspecified atom stereocenters. The Morgan fingerprint density at radius 2 is 1.74 bits per heavy atom. The number of aromatic nitrogens is 2. The highest BCUT2D eigenvalue weighted by molar-refractivity contribution is 5.69. The Balaban J connectivity index is 1.47. The van der Waals surface area contributed by atoms with Gasteiger partial charge >= 0.3 is 5.97 Å². The molecule has 0 aliphatic heterocycles. The highest BCUT2D eigenvalue weighted by Gasteiger charge is 2.11. The molecule has 0 N–H and O–H groups in total. The molecule has 1 aromatic heterocycles. The van der Waals surface area contributed by atoms with Crippen molar-refractivity contribution in [3.05, 3.63) is 65.5 Å². The first-order valence-corrected chi connectivity index (χ1v) is 8.88. The quantitative estimate of drug-likeness (QED) is 0.561. The zero-order valence-corrected chi connectivity index (χ0v) is 15.5. The number of hydrogen-bond acceptors (Lipinski definition) is 6. The Morgan fingerprint density at radius 1 is 1.04 bits per heavy atom. The van der Waals surface area contributed by atoms with E-state index in [0.29, 0.717) is 12.2 Å². The van der Waals surface area contributed by atoms with E-state index in [9.17, 15) is 4.79 Å². The van der Waals surface area contributed by atoms with E-state index in [1.54, 1.807) is 7.11 Å². The number of ether oxygens (including phenoxy) is 2. The lowest BCUT2D eigenvalue weighted by atomic mass is 10.1. The third kappa shape index (κ3) is 5.17. The number of methoxy groups -OCH3 is 1. The lowest BCUT2D eigenvalue weighted by molar-refractivity contribution is -0.145. The van der Waals surface area contributed by atoms with Crippen molar-refractivity contribution in [3.8, 4) is 17.1 Å². The van der Waals surface area contributed by atoms with E-state index in [2.05, 4.69) is 17.1 Å². The summed E-state index contributed by atoms with van der Waals surface area (Å²) in [6.45, 7) is 2.08. The van der Waals surface area contributed by atoms with Gasteiger partial charge in [-0.25, -0.2) is 0 Å². The maximum absolute atomic E-state index is 11.9. The molecule has 140 valence electrons. The first-order chi connectivity index (χ1) is 13.2. The van der Waals surface area contributed by atoms with E-state index >= 15 is 0 Å². The number of carbonyl (C=O) groups excluding carboxylic acids is 1. The Hall–Kier alpha value is -3.15. The molecule has 0 aliphatic rings. The fourth-order valence-corrected chi connectivity index (χ4v) is 2.57. The second-order valence-electron chi connectivity index (χ2n) is 6.07. The number of carbonyl (C=O) groups is 1. The zero-order chi connectivity index (χ0) is 19.1. The summed E-state index contributed by atoms with van der Waals surface area (Å²) in [5.74, 6) is 1.25. The molecule has 1 heterocycles. The van der Waals surface area contributed by atoms with Crippen LogP contribution in [0.5, 0.6) is 5.75 Å². The van der Waals surface area contributed by atoms with Crippen molar-refractivity contribution in [1.29, 1.82) is 0 Å². The minimum atomic E-state index is -0.308. The Kier molecular flexibility index (Phi) is 6.20. The van der Waals surface area contributed by atoms with Crippen LogP contribution in [0.2, 0.25) is 0 Å². The number of nitrogens with zero attached hydrogens (tertiary/aromatic N) is 2. The van der Waals surface area contributed by atoms with Crippen molar-refractivity contribution in [3.63, 3.8) is 0 Å². The predicted octanol–water partition coefficient (Wildman–Crippen LogP) is 3.98. The van der Waals surface area contributed by atoms with Gasteiger partial charge < -0.3 is 14.0 Å². The van der Waals surface area contributed by atoms with Gasteiger partial charge in [-0.15, -0.1) is 0 Å². The smallest absolute Gasteiger partial charge is 0.306 e. The van der Waals surface area contributed by atoms with Crippen LogP contribution in [0, 0.1) is 0 Å². The standard InChI is InChI=1S/C21H22N2O4/c1-3-15-4-9-17(10-5-15)21-22-19(27-23-21)14-26-20(24)13-8-16-6-11-18(25-2)12-7-16/h4-7,9-12H,3,8,13-14H2,1-2H3. The van der Waals surface area contributed by atoms with Crippen molar-refractivity contribution in [2.75, 3.05) is 7.11 Å². The van der Waals surface area contributed by atoms with E-state index in [-0.39, 0.29) is 24.9 Å². The lowest BCUT2D eigenvalue weighted by Crippen LogP contribution is -2.06. The van der Waals surface area contributed by atoms with Crippen LogP contribution < -0.4 is 4.74 Å². The average molecular weight is 366 g/mol. The van der Waals surface area contributed by atoms with Crippen LogP contribution in [0.4, 0.5) is 0 Å². The van der Waals surface area contributed by atoms with E-state index in [0.717, 1.165) is 23.3 Å². The largest absolute Gasteiger partial charge is 0.497 e. The topological polar surface area (TPSA) is 74.5 Å². The van der Waals surface area contributed by atoms with Gasteiger partial charge in [0.1, 0.15) is 5.75 Å². The van der Waals surface area contributed by atoms with Crippen LogP contribution in [-0.4, -0.2) is 23.2 Å². The molecular formula is C21H22N2O4. The van der Waals surface area contributed by atoms with Crippen LogP contribution in [0.25, 0.3) is 11.4 Å². The molecule has 0 saturated carbocycles. The van der Waals surface area contributed by atoms with Crippen molar-refractivity contribution in [2.24, 2.45) is 0 Å². The molecule has 3 rings (SSSR count). The summed E-state index contributed by atoms with van der Waals surface area (Å²) in [7, 11) is 1.62. The minimum absolute atomic E-state index is 0.0263. The molecule has 0 atom stereocenters. The molecule has 0 radical (unpaired) electrons. The zero-order valence-electron chi connectivity index (χ0n) is 15.5. The van der Waals surface area contributed by atoms with E-state index in [1.807, 2.05) is 48.5 Å². The van der Waals surface area contributed by atoms with Gasteiger partial charge in [-0.1, -0.05) is 48.5 Å². The fourth-order valence-electron chi connectivity index (χ4n) is 2.57. The van der Waals surface area contributed by atoms with Crippen molar-refractivity contribution < 1.29 is 18.8 Å². The third-order valence-electron chi connectivity index (χ3n) is 4.22. The summed E-state index contributed by atoms with van der Waals surface area (Å²) in [5, 5.41) is 3.94. The second-order valence-corrected chi connectivity index (χ2v) is 6.07.